The van der Waals surface area contributed by atoms with Gasteiger partial charge >= 0.3 is 0 Å². The highest BCUT2D eigenvalue weighted by atomic mass is 16.5. The maximum Gasteiger partial charge on any atom is 0.0618 e. The lowest BCUT2D eigenvalue weighted by Crippen LogP contribution is -2.30. The largest absolute Gasteiger partial charge is 0.382 e. The van der Waals surface area contributed by atoms with Crippen molar-refractivity contribution in [2.24, 2.45) is 5.73 Å². The molecular formula is C9H21NO2. The molecule has 0 fully saturated rings. The van der Waals surface area contributed by atoms with E-state index in [1.807, 2.05) is 6.92 Å². The van der Waals surface area contributed by atoms with Crippen LogP contribution in [0.3, 0.4) is 0 Å². The quantitative estimate of drug-likeness (QED) is 0.591. The van der Waals surface area contributed by atoms with Crippen molar-refractivity contribution in [2.45, 2.75) is 38.8 Å². The Bertz CT molecular complexity index is 98.5. The molecule has 0 saturated carbocycles. The fraction of sp³-hybridized carbons (Fsp3) is 1.00. The molecule has 0 spiro atoms. The molecule has 0 radical (unpaired) electrons. The molecule has 0 heterocycles. The van der Waals surface area contributed by atoms with E-state index in [0.717, 1.165) is 19.4 Å². The second kappa shape index (κ2) is 7.53. The topological polar surface area (TPSA) is 44.5 Å². The number of hydrogen-bond donors (Lipinski definition) is 1. The van der Waals surface area contributed by atoms with Gasteiger partial charge in [0, 0.05) is 19.8 Å². The zero-order valence-corrected chi connectivity index (χ0v) is 8.38. The third-order valence-corrected chi connectivity index (χ3v) is 1.72. The second-order valence-electron chi connectivity index (χ2n) is 3.12. The van der Waals surface area contributed by atoms with Crippen molar-refractivity contribution in [3.63, 3.8) is 0 Å². The number of hydrogen-bond acceptors (Lipinski definition) is 3. The Labute approximate surface area is 75.2 Å². The first-order valence-corrected chi connectivity index (χ1v) is 4.56. The van der Waals surface area contributed by atoms with Crippen molar-refractivity contribution in [2.75, 3.05) is 20.3 Å². The van der Waals surface area contributed by atoms with Gasteiger partial charge in [-0.15, -0.1) is 0 Å². The predicted molar refractivity (Wildman–Crippen MR) is 50.2 cm³/mol. The van der Waals surface area contributed by atoms with E-state index in [4.69, 9.17) is 15.2 Å². The van der Waals surface area contributed by atoms with Crippen molar-refractivity contribution in [3.8, 4) is 0 Å². The molecule has 0 aliphatic heterocycles. The molecule has 12 heavy (non-hydrogen) atoms. The lowest BCUT2D eigenvalue weighted by atomic mass is 10.1. The summed E-state index contributed by atoms with van der Waals surface area (Å²) in [6, 6.07) is 0.103. The maximum atomic E-state index is 5.79. The van der Waals surface area contributed by atoms with Crippen LogP contribution in [-0.2, 0) is 9.47 Å². The lowest BCUT2D eigenvalue weighted by Gasteiger charge is -2.15. The van der Waals surface area contributed by atoms with Crippen LogP contribution in [-0.4, -0.2) is 32.5 Å². The summed E-state index contributed by atoms with van der Waals surface area (Å²) in [5, 5.41) is 0. The van der Waals surface area contributed by atoms with Gasteiger partial charge in [0.2, 0.25) is 0 Å². The van der Waals surface area contributed by atoms with Gasteiger partial charge in [-0.25, -0.2) is 0 Å². The van der Waals surface area contributed by atoms with E-state index < -0.39 is 0 Å². The molecule has 0 aliphatic carbocycles. The molecule has 0 amide bonds. The van der Waals surface area contributed by atoms with Crippen molar-refractivity contribution in [1.82, 2.24) is 0 Å². The highest BCUT2D eigenvalue weighted by Crippen LogP contribution is 1.99. The summed E-state index contributed by atoms with van der Waals surface area (Å²) in [4.78, 5) is 0. The third-order valence-electron chi connectivity index (χ3n) is 1.72. The van der Waals surface area contributed by atoms with Crippen LogP contribution < -0.4 is 5.73 Å². The van der Waals surface area contributed by atoms with Gasteiger partial charge in [0.05, 0.1) is 12.7 Å². The summed E-state index contributed by atoms with van der Waals surface area (Å²) in [5.41, 5.74) is 5.79. The van der Waals surface area contributed by atoms with Crippen molar-refractivity contribution in [3.05, 3.63) is 0 Å². The van der Waals surface area contributed by atoms with E-state index in [0.29, 0.717) is 6.61 Å². The van der Waals surface area contributed by atoms with Gasteiger partial charge < -0.3 is 15.2 Å². The van der Waals surface area contributed by atoms with Crippen LogP contribution in [0.5, 0.6) is 0 Å². The van der Waals surface area contributed by atoms with Crippen LogP contribution in [0.1, 0.15) is 26.7 Å². The Balaban J connectivity index is 3.26. The molecule has 0 aromatic rings. The zero-order chi connectivity index (χ0) is 9.40. The fourth-order valence-electron chi connectivity index (χ4n) is 0.970. The van der Waals surface area contributed by atoms with Crippen molar-refractivity contribution >= 4 is 0 Å². The van der Waals surface area contributed by atoms with Gasteiger partial charge in [0.15, 0.2) is 0 Å². The first-order valence-electron chi connectivity index (χ1n) is 4.56. The van der Waals surface area contributed by atoms with Crippen LogP contribution >= 0.6 is 0 Å². The molecule has 3 nitrogen and oxygen atoms in total. The van der Waals surface area contributed by atoms with Gasteiger partial charge in [-0.3, -0.25) is 0 Å². The van der Waals surface area contributed by atoms with E-state index in [1.165, 1.54) is 0 Å². The fourth-order valence-corrected chi connectivity index (χ4v) is 0.970. The molecule has 0 saturated heterocycles. The average molecular weight is 175 g/mol. The summed E-state index contributed by atoms with van der Waals surface area (Å²) >= 11 is 0. The van der Waals surface area contributed by atoms with Gasteiger partial charge in [-0.1, -0.05) is 6.92 Å². The van der Waals surface area contributed by atoms with Crippen LogP contribution in [0, 0.1) is 0 Å². The molecule has 2 N–H and O–H groups in total. The molecule has 2 atom stereocenters. The van der Waals surface area contributed by atoms with Gasteiger partial charge in [-0.2, -0.15) is 0 Å². The smallest absolute Gasteiger partial charge is 0.0618 e. The first-order chi connectivity index (χ1) is 5.70. The maximum absolute atomic E-state index is 5.79. The number of nitrogens with two attached hydrogens (primary N) is 1. The number of ether oxygens (including phenoxy) is 2. The van der Waals surface area contributed by atoms with Gasteiger partial charge in [0.25, 0.3) is 0 Å². The summed E-state index contributed by atoms with van der Waals surface area (Å²) < 4.78 is 10.4. The Morgan fingerprint density at radius 1 is 1.42 bits per heavy atom. The number of methoxy groups -OCH3 is 1. The first kappa shape index (κ1) is 11.9. The summed E-state index contributed by atoms with van der Waals surface area (Å²) in [6.07, 6.45) is 2.14. The second-order valence-corrected chi connectivity index (χ2v) is 3.12. The minimum absolute atomic E-state index is 0.103. The molecule has 0 aromatic carbocycles. The number of rotatable bonds is 7. The van der Waals surface area contributed by atoms with Gasteiger partial charge in [0.1, 0.15) is 0 Å². The third kappa shape index (κ3) is 6.58. The monoisotopic (exact) mass is 175 g/mol. The molecule has 0 rings (SSSR count). The predicted octanol–water partition coefficient (Wildman–Crippen LogP) is 1.17. The van der Waals surface area contributed by atoms with Crippen LogP contribution in [0.4, 0.5) is 0 Å². The van der Waals surface area contributed by atoms with E-state index in [9.17, 15) is 0 Å². The van der Waals surface area contributed by atoms with Crippen LogP contribution in [0.25, 0.3) is 0 Å². The highest BCUT2D eigenvalue weighted by molar-refractivity contribution is 4.64. The molecular weight excluding hydrogens is 154 g/mol. The average Bonchev–Trinajstić information content (AvgIpc) is 2.05. The van der Waals surface area contributed by atoms with E-state index in [1.54, 1.807) is 7.11 Å². The van der Waals surface area contributed by atoms with Crippen molar-refractivity contribution in [1.29, 1.82) is 0 Å². The summed E-state index contributed by atoms with van der Waals surface area (Å²) in [6.45, 7) is 5.54. The highest BCUT2D eigenvalue weighted by Gasteiger charge is 2.07. The summed E-state index contributed by atoms with van der Waals surface area (Å²) in [5.74, 6) is 0. The Morgan fingerprint density at radius 3 is 2.58 bits per heavy atom. The standard InChI is InChI=1S/C9H21NO2/c1-4-5-12-7-9(10)6-8(2)11-3/h8-9H,4-7,10H2,1-3H3. The SMILES string of the molecule is CCCOCC(N)CC(C)OC. The van der Waals surface area contributed by atoms with E-state index in [2.05, 4.69) is 6.92 Å². The minimum Gasteiger partial charge on any atom is -0.382 e. The van der Waals surface area contributed by atoms with Crippen LogP contribution in [0.15, 0.2) is 0 Å². The Kier molecular flexibility index (Phi) is 7.45. The zero-order valence-electron chi connectivity index (χ0n) is 8.38. The van der Waals surface area contributed by atoms with Gasteiger partial charge in [-0.05, 0) is 19.8 Å². The molecule has 2 unspecified atom stereocenters. The molecule has 3 heteroatoms. The minimum atomic E-state index is 0.103. The molecule has 0 aliphatic rings. The molecule has 0 bridgehead atoms. The lowest BCUT2D eigenvalue weighted by molar-refractivity contribution is 0.0748. The Hall–Kier alpha value is -0.120. The van der Waals surface area contributed by atoms with E-state index in [-0.39, 0.29) is 12.1 Å². The Morgan fingerprint density at radius 2 is 2.08 bits per heavy atom. The van der Waals surface area contributed by atoms with Crippen molar-refractivity contribution < 1.29 is 9.47 Å². The molecule has 0 aromatic heterocycles. The molecule has 74 valence electrons. The summed E-state index contributed by atoms with van der Waals surface area (Å²) in [7, 11) is 1.70. The van der Waals surface area contributed by atoms with Crippen LogP contribution in [0.2, 0.25) is 0 Å². The van der Waals surface area contributed by atoms with E-state index >= 15 is 0 Å². The normalized spacial score (nSPS) is 16.0.